The molecule has 136 valence electrons. The number of fused-ring (bicyclic) bond motifs is 2. The number of nitrogens with zero attached hydrogens (tertiary/aromatic N) is 4. The molecule has 2 N–H and O–H groups in total. The van der Waals surface area contributed by atoms with Crippen LogP contribution in [0.4, 0.5) is 8.78 Å². The molecule has 1 saturated heterocycles. The Morgan fingerprint density at radius 1 is 1.19 bits per heavy atom. The van der Waals surface area contributed by atoms with Gasteiger partial charge in [-0.25, -0.2) is 23.7 Å². The molecule has 3 aromatic heterocycles. The fourth-order valence-electron chi connectivity index (χ4n) is 3.45. The fourth-order valence-corrected chi connectivity index (χ4v) is 3.45. The second-order valence-corrected chi connectivity index (χ2v) is 6.56. The number of nitrogens with one attached hydrogen (secondary N) is 2. The van der Waals surface area contributed by atoms with E-state index < -0.39 is 17.2 Å². The van der Waals surface area contributed by atoms with Crippen LogP contribution in [0.1, 0.15) is 17.3 Å². The van der Waals surface area contributed by atoms with Gasteiger partial charge in [0.1, 0.15) is 5.82 Å². The quantitative estimate of drug-likeness (QED) is 0.574. The summed E-state index contributed by atoms with van der Waals surface area (Å²) in [6.07, 6.45) is 3.15. The number of aromatic nitrogens is 5. The Balaban J connectivity index is 1.72. The molecule has 1 aliphatic rings. The van der Waals surface area contributed by atoms with Crippen LogP contribution in [-0.4, -0.2) is 37.6 Å². The van der Waals surface area contributed by atoms with Gasteiger partial charge in [-0.3, -0.25) is 4.79 Å². The molecule has 0 saturated carbocycles. The van der Waals surface area contributed by atoms with Gasteiger partial charge >= 0.3 is 0 Å². The van der Waals surface area contributed by atoms with Gasteiger partial charge in [0.25, 0.3) is 0 Å². The monoisotopic (exact) mass is 368 g/mol. The lowest BCUT2D eigenvalue weighted by Gasteiger charge is -2.27. The van der Waals surface area contributed by atoms with Gasteiger partial charge in [0.2, 0.25) is 5.56 Å². The maximum absolute atomic E-state index is 14.2. The van der Waals surface area contributed by atoms with Crippen LogP contribution in [-0.2, 0) is 6.54 Å². The first-order chi connectivity index (χ1) is 13.1. The first-order valence-electron chi connectivity index (χ1n) is 8.49. The lowest BCUT2D eigenvalue weighted by molar-refractivity contribution is 0.419. The van der Waals surface area contributed by atoms with Crippen molar-refractivity contribution in [1.29, 1.82) is 0 Å². The second kappa shape index (κ2) is 5.92. The van der Waals surface area contributed by atoms with Crippen LogP contribution in [0.15, 0.2) is 35.4 Å². The molecule has 1 aliphatic heterocycles. The number of aromatic amines is 1. The summed E-state index contributed by atoms with van der Waals surface area (Å²) in [5.41, 5.74) is 1.04. The second-order valence-electron chi connectivity index (χ2n) is 6.56. The molecule has 4 aromatic rings. The molecule has 0 spiro atoms. The number of halogens is 2. The van der Waals surface area contributed by atoms with Crippen LogP contribution in [0.5, 0.6) is 0 Å². The van der Waals surface area contributed by atoms with Gasteiger partial charge in [0.05, 0.1) is 12.1 Å². The van der Waals surface area contributed by atoms with Crippen LogP contribution >= 0.6 is 0 Å². The number of H-pyrrole nitrogens is 1. The van der Waals surface area contributed by atoms with Gasteiger partial charge in [-0.15, -0.1) is 0 Å². The number of hydrogen-bond acceptors (Lipinski definition) is 5. The summed E-state index contributed by atoms with van der Waals surface area (Å²) in [7, 11) is 0. The average molecular weight is 368 g/mol. The summed E-state index contributed by atoms with van der Waals surface area (Å²) in [5, 5.41) is 3.65. The predicted octanol–water partition coefficient (Wildman–Crippen LogP) is 1.68. The minimum Gasteiger partial charge on any atom is -0.319 e. The van der Waals surface area contributed by atoms with Gasteiger partial charge in [0.15, 0.2) is 22.9 Å². The molecule has 7 nitrogen and oxygen atoms in total. The highest BCUT2D eigenvalue weighted by molar-refractivity contribution is 5.82. The first-order valence-corrected chi connectivity index (χ1v) is 8.49. The molecular weight excluding hydrogens is 354 g/mol. The normalized spacial score (nSPS) is 14.7. The molecule has 4 heterocycles. The Morgan fingerprint density at radius 3 is 2.78 bits per heavy atom. The molecule has 0 amide bonds. The van der Waals surface area contributed by atoms with Crippen molar-refractivity contribution in [3.8, 4) is 0 Å². The summed E-state index contributed by atoms with van der Waals surface area (Å²) >= 11 is 0. The van der Waals surface area contributed by atoms with Gasteiger partial charge in [-0.2, -0.15) is 0 Å². The van der Waals surface area contributed by atoms with E-state index in [1.165, 1.54) is 12.1 Å². The van der Waals surface area contributed by atoms with Crippen LogP contribution in [0.3, 0.4) is 0 Å². The maximum Gasteiger partial charge on any atom is 0.248 e. The van der Waals surface area contributed by atoms with Crippen molar-refractivity contribution in [2.75, 3.05) is 13.1 Å². The third-order valence-corrected chi connectivity index (χ3v) is 4.88. The Bertz CT molecular complexity index is 1240. The molecule has 0 atom stereocenters. The predicted molar refractivity (Wildman–Crippen MR) is 94.5 cm³/mol. The van der Waals surface area contributed by atoms with Crippen LogP contribution in [0.25, 0.3) is 22.2 Å². The Kier molecular flexibility index (Phi) is 3.51. The first kappa shape index (κ1) is 16.0. The van der Waals surface area contributed by atoms with Crippen LogP contribution < -0.4 is 10.9 Å². The van der Waals surface area contributed by atoms with Crippen molar-refractivity contribution >= 4 is 22.2 Å². The highest BCUT2D eigenvalue weighted by Gasteiger charge is 2.27. The van der Waals surface area contributed by atoms with Gasteiger partial charge in [-0.05, 0) is 17.7 Å². The van der Waals surface area contributed by atoms with E-state index in [0.717, 1.165) is 25.0 Å². The Hall–Kier alpha value is -3.20. The van der Waals surface area contributed by atoms with Crippen molar-refractivity contribution in [2.45, 2.75) is 12.5 Å². The molecule has 0 aliphatic carbocycles. The molecule has 1 aromatic carbocycles. The smallest absolute Gasteiger partial charge is 0.248 e. The topological polar surface area (TPSA) is 88.5 Å². The zero-order valence-electron chi connectivity index (χ0n) is 14.0. The van der Waals surface area contributed by atoms with E-state index in [1.807, 2.05) is 4.57 Å². The molecule has 0 radical (unpaired) electrons. The van der Waals surface area contributed by atoms with E-state index in [4.69, 9.17) is 0 Å². The third-order valence-electron chi connectivity index (χ3n) is 4.88. The molecular formula is C18H14F2N6O. The largest absolute Gasteiger partial charge is 0.319 e. The standard InChI is InChI=1S/C18H14F2N6O/c19-12-2-1-11-9(5-13(27)24-15(11)14(12)20)8-26-17(10-6-21-7-10)25-16-18(26)23-4-3-22-16/h1-5,10,21H,6-8H2,(H,24,27). The zero-order chi connectivity index (χ0) is 18.5. The summed E-state index contributed by atoms with van der Waals surface area (Å²) in [4.78, 5) is 27.6. The molecule has 0 unspecified atom stereocenters. The van der Waals surface area contributed by atoms with Gasteiger partial charge < -0.3 is 14.9 Å². The van der Waals surface area contributed by atoms with E-state index in [-0.39, 0.29) is 18.0 Å². The maximum atomic E-state index is 14.2. The van der Waals surface area contributed by atoms with Crippen LogP contribution in [0, 0.1) is 11.6 Å². The highest BCUT2D eigenvalue weighted by atomic mass is 19.2. The average Bonchev–Trinajstić information content (AvgIpc) is 2.95. The van der Waals surface area contributed by atoms with Crippen molar-refractivity contribution in [3.05, 3.63) is 64.0 Å². The number of benzene rings is 1. The van der Waals surface area contributed by atoms with E-state index in [2.05, 4.69) is 25.3 Å². The lowest BCUT2D eigenvalue weighted by atomic mass is 10.0. The van der Waals surface area contributed by atoms with Crippen molar-refractivity contribution in [3.63, 3.8) is 0 Å². The molecule has 9 heteroatoms. The number of rotatable bonds is 3. The molecule has 5 rings (SSSR count). The summed E-state index contributed by atoms with van der Waals surface area (Å²) < 4.78 is 29.6. The lowest BCUT2D eigenvalue weighted by Crippen LogP contribution is -2.41. The number of hydrogen-bond donors (Lipinski definition) is 2. The van der Waals surface area contributed by atoms with Gasteiger partial charge in [-0.1, -0.05) is 0 Å². The van der Waals surface area contributed by atoms with E-state index in [9.17, 15) is 13.6 Å². The SMILES string of the molecule is O=c1cc(Cn2c(C3CNC3)nc3nccnc32)c2ccc(F)c(F)c2[nH]1. The van der Waals surface area contributed by atoms with Gasteiger partial charge in [0, 0.05) is 42.9 Å². The van der Waals surface area contributed by atoms with E-state index in [0.29, 0.717) is 22.2 Å². The summed E-state index contributed by atoms with van der Waals surface area (Å²) in [5.74, 6) is -1.05. The van der Waals surface area contributed by atoms with Crippen LogP contribution in [0.2, 0.25) is 0 Å². The fraction of sp³-hybridized carbons (Fsp3) is 0.222. The number of pyridine rings is 1. The zero-order valence-corrected chi connectivity index (χ0v) is 14.0. The minimum atomic E-state index is -1.06. The summed E-state index contributed by atoms with van der Waals surface area (Å²) in [6, 6.07) is 3.92. The molecule has 0 bridgehead atoms. The number of imidazole rings is 1. The van der Waals surface area contributed by atoms with E-state index >= 15 is 0 Å². The Labute approximate surface area is 151 Å². The van der Waals surface area contributed by atoms with E-state index in [1.54, 1.807) is 12.4 Å². The highest BCUT2D eigenvalue weighted by Crippen LogP contribution is 2.26. The van der Waals surface area contributed by atoms with Crippen molar-refractivity contribution in [1.82, 2.24) is 29.8 Å². The third kappa shape index (κ3) is 2.50. The Morgan fingerprint density at radius 2 is 2.00 bits per heavy atom. The molecule has 1 fully saturated rings. The minimum absolute atomic E-state index is 0.139. The van der Waals surface area contributed by atoms with Crippen molar-refractivity contribution in [2.24, 2.45) is 0 Å². The summed E-state index contributed by atoms with van der Waals surface area (Å²) in [6.45, 7) is 1.84. The molecule has 27 heavy (non-hydrogen) atoms. The van der Waals surface area contributed by atoms with Crippen molar-refractivity contribution < 1.29 is 8.78 Å².